The van der Waals surface area contributed by atoms with Gasteiger partial charge >= 0.3 is 5.97 Å². The molecule has 1 atom stereocenters. The third-order valence-electron chi connectivity index (χ3n) is 5.86. The van der Waals surface area contributed by atoms with E-state index in [1.807, 2.05) is 6.07 Å². The van der Waals surface area contributed by atoms with Gasteiger partial charge in [0.1, 0.15) is 0 Å². The molecule has 30 heavy (non-hydrogen) atoms. The van der Waals surface area contributed by atoms with E-state index in [4.69, 9.17) is 4.74 Å². The van der Waals surface area contributed by atoms with Crippen LogP contribution in [0.15, 0.2) is 67.0 Å². The first-order valence-corrected chi connectivity index (χ1v) is 10.3. The first-order chi connectivity index (χ1) is 14.7. The van der Waals surface area contributed by atoms with Crippen molar-refractivity contribution in [3.8, 4) is 0 Å². The second-order valence-electron chi connectivity index (χ2n) is 7.66. The van der Waals surface area contributed by atoms with Crippen LogP contribution < -0.4 is 10.2 Å². The van der Waals surface area contributed by atoms with Crippen LogP contribution in [-0.2, 0) is 11.2 Å². The van der Waals surface area contributed by atoms with Crippen molar-refractivity contribution in [1.29, 1.82) is 0 Å². The highest BCUT2D eigenvalue weighted by atomic mass is 16.5. The summed E-state index contributed by atoms with van der Waals surface area (Å²) in [5, 5.41) is 3.43. The lowest BCUT2D eigenvalue weighted by atomic mass is 9.82. The van der Waals surface area contributed by atoms with Gasteiger partial charge in [0, 0.05) is 37.1 Å². The second kappa shape index (κ2) is 8.99. The lowest BCUT2D eigenvalue weighted by Gasteiger charge is -2.28. The molecule has 1 N–H and O–H groups in total. The van der Waals surface area contributed by atoms with Crippen molar-refractivity contribution in [3.05, 3.63) is 83.7 Å². The number of fused-ring (bicyclic) bond motifs is 1. The molecule has 0 aliphatic heterocycles. The van der Waals surface area contributed by atoms with Crippen LogP contribution in [0.5, 0.6) is 0 Å². The zero-order chi connectivity index (χ0) is 20.9. The quantitative estimate of drug-likeness (QED) is 0.578. The van der Waals surface area contributed by atoms with Gasteiger partial charge in [-0.1, -0.05) is 24.3 Å². The largest absolute Gasteiger partial charge is 0.465 e. The smallest absolute Gasteiger partial charge is 0.340 e. The Morgan fingerprint density at radius 1 is 1.17 bits per heavy atom. The van der Waals surface area contributed by atoms with Crippen LogP contribution in [0.25, 0.3) is 0 Å². The topological polar surface area (TPSA) is 54.5 Å². The molecule has 0 unspecified atom stereocenters. The van der Waals surface area contributed by atoms with E-state index in [1.54, 1.807) is 18.5 Å². The molecule has 0 saturated carbocycles. The number of pyridine rings is 1. The van der Waals surface area contributed by atoms with E-state index in [1.165, 1.54) is 29.6 Å². The maximum absolute atomic E-state index is 12.0. The molecular formula is C25H27N3O2. The summed E-state index contributed by atoms with van der Waals surface area (Å²) in [5.74, 6) is 0.0491. The van der Waals surface area contributed by atoms with Crippen molar-refractivity contribution < 1.29 is 9.53 Å². The molecule has 0 spiro atoms. The first kappa shape index (κ1) is 20.0. The Labute approximate surface area is 177 Å². The predicted octanol–water partition coefficient (Wildman–Crippen LogP) is 5.17. The maximum atomic E-state index is 12.0. The summed E-state index contributed by atoms with van der Waals surface area (Å²) in [5.41, 5.74) is 6.42. The Hall–Kier alpha value is -3.34. The third kappa shape index (κ3) is 4.15. The number of carbonyl (C=O) groups is 1. The van der Waals surface area contributed by atoms with E-state index in [-0.39, 0.29) is 5.97 Å². The highest BCUT2D eigenvalue weighted by Gasteiger charge is 2.22. The van der Waals surface area contributed by atoms with Crippen LogP contribution in [-0.4, -0.2) is 31.7 Å². The summed E-state index contributed by atoms with van der Waals surface area (Å²) >= 11 is 0. The average molecular weight is 402 g/mol. The number of methoxy groups -OCH3 is 1. The summed E-state index contributed by atoms with van der Waals surface area (Å²) in [7, 11) is 3.50. The summed E-state index contributed by atoms with van der Waals surface area (Å²) in [6.07, 6.45) is 6.69. The number of esters is 1. The fraction of sp³-hybridized carbons (Fsp3) is 0.280. The molecule has 1 aliphatic carbocycles. The lowest BCUT2D eigenvalue weighted by molar-refractivity contribution is 0.0601. The Kier molecular flexibility index (Phi) is 5.98. The van der Waals surface area contributed by atoms with Gasteiger partial charge in [0.05, 0.1) is 24.6 Å². The molecule has 2 aromatic carbocycles. The predicted molar refractivity (Wildman–Crippen MR) is 121 cm³/mol. The summed E-state index contributed by atoms with van der Waals surface area (Å²) in [6, 6.07) is 18.9. The molecule has 0 bridgehead atoms. The molecule has 5 nitrogen and oxygen atoms in total. The van der Waals surface area contributed by atoms with Crippen molar-refractivity contribution >= 4 is 23.0 Å². The summed E-state index contributed by atoms with van der Waals surface area (Å²) < 4.78 is 4.89. The zero-order valence-corrected chi connectivity index (χ0v) is 17.5. The van der Waals surface area contributed by atoms with E-state index in [0.29, 0.717) is 11.5 Å². The summed E-state index contributed by atoms with van der Waals surface area (Å²) in [6.45, 7) is 0.760. The van der Waals surface area contributed by atoms with Crippen molar-refractivity contribution in [2.45, 2.75) is 25.2 Å². The molecule has 0 radical (unpaired) electrons. The third-order valence-corrected chi connectivity index (χ3v) is 5.86. The Morgan fingerprint density at radius 2 is 2.00 bits per heavy atom. The van der Waals surface area contributed by atoms with Crippen LogP contribution in [0.3, 0.4) is 0 Å². The zero-order valence-electron chi connectivity index (χ0n) is 17.5. The number of benzene rings is 2. The summed E-state index contributed by atoms with van der Waals surface area (Å²) in [4.78, 5) is 18.4. The fourth-order valence-corrected chi connectivity index (χ4v) is 4.18. The molecule has 0 amide bonds. The van der Waals surface area contributed by atoms with Crippen molar-refractivity contribution in [1.82, 2.24) is 4.98 Å². The number of hydrogen-bond donors (Lipinski definition) is 1. The minimum Gasteiger partial charge on any atom is -0.465 e. The van der Waals surface area contributed by atoms with Crippen LogP contribution in [0.4, 0.5) is 17.1 Å². The molecule has 4 rings (SSSR count). The monoisotopic (exact) mass is 401 g/mol. The van der Waals surface area contributed by atoms with E-state index in [0.717, 1.165) is 31.5 Å². The molecule has 0 saturated heterocycles. The fourth-order valence-electron chi connectivity index (χ4n) is 4.18. The lowest BCUT2D eigenvalue weighted by Crippen LogP contribution is -2.20. The molecule has 3 aromatic rings. The van der Waals surface area contributed by atoms with Gasteiger partial charge in [-0.15, -0.1) is 0 Å². The molecule has 1 aromatic heterocycles. The SMILES string of the molecule is COC(=O)c1ccncc1NC[C@H]1CCCc2cc(N(C)c3ccccc3)ccc21. The molecule has 5 heteroatoms. The molecule has 1 aliphatic rings. The normalized spacial score (nSPS) is 15.2. The van der Waals surface area contributed by atoms with Gasteiger partial charge in [-0.2, -0.15) is 0 Å². The number of aryl methyl sites for hydroxylation is 1. The highest BCUT2D eigenvalue weighted by molar-refractivity contribution is 5.95. The van der Waals surface area contributed by atoms with Crippen molar-refractivity contribution in [3.63, 3.8) is 0 Å². The van der Waals surface area contributed by atoms with Gasteiger partial charge in [-0.05, 0) is 60.7 Å². The number of para-hydroxylation sites is 1. The van der Waals surface area contributed by atoms with Gasteiger partial charge in [-0.3, -0.25) is 4.98 Å². The standard InChI is InChI=1S/C25H27N3O2/c1-28(20-9-4-3-5-10-20)21-11-12-22-18(15-21)7-6-8-19(22)16-27-24-17-26-14-13-23(24)25(29)30-2/h3-5,9-15,17,19,27H,6-8,16H2,1-2H3/t19-/m1/s1. The molecule has 0 fully saturated rings. The number of rotatable bonds is 6. The Bertz CT molecular complexity index is 1020. The van der Waals surface area contributed by atoms with Crippen LogP contribution in [0.2, 0.25) is 0 Å². The van der Waals surface area contributed by atoms with Crippen LogP contribution in [0, 0.1) is 0 Å². The number of nitrogens with one attached hydrogen (secondary N) is 1. The van der Waals surface area contributed by atoms with Crippen molar-refractivity contribution in [2.24, 2.45) is 0 Å². The molecular weight excluding hydrogens is 374 g/mol. The number of ether oxygens (including phenoxy) is 1. The Morgan fingerprint density at radius 3 is 2.80 bits per heavy atom. The van der Waals surface area contributed by atoms with Gasteiger partial charge in [0.25, 0.3) is 0 Å². The van der Waals surface area contributed by atoms with Gasteiger partial charge in [0.2, 0.25) is 0 Å². The molecule has 1 heterocycles. The maximum Gasteiger partial charge on any atom is 0.340 e. The second-order valence-corrected chi connectivity index (χ2v) is 7.66. The van der Waals surface area contributed by atoms with Crippen LogP contribution in [0.1, 0.15) is 40.2 Å². The number of nitrogens with zero attached hydrogens (tertiary/aromatic N) is 2. The Balaban J connectivity index is 1.52. The van der Waals surface area contributed by atoms with Gasteiger partial charge in [0.15, 0.2) is 0 Å². The van der Waals surface area contributed by atoms with Gasteiger partial charge in [-0.25, -0.2) is 4.79 Å². The molecule has 154 valence electrons. The van der Waals surface area contributed by atoms with E-state index >= 15 is 0 Å². The first-order valence-electron chi connectivity index (χ1n) is 10.3. The van der Waals surface area contributed by atoms with E-state index in [2.05, 4.69) is 64.7 Å². The minimum atomic E-state index is -0.350. The van der Waals surface area contributed by atoms with Gasteiger partial charge < -0.3 is 15.0 Å². The van der Waals surface area contributed by atoms with E-state index in [9.17, 15) is 4.79 Å². The minimum absolute atomic E-state index is 0.350. The number of hydrogen-bond acceptors (Lipinski definition) is 5. The average Bonchev–Trinajstić information content (AvgIpc) is 2.82. The van der Waals surface area contributed by atoms with E-state index < -0.39 is 0 Å². The van der Waals surface area contributed by atoms with Crippen LogP contribution >= 0.6 is 0 Å². The number of carbonyl (C=O) groups excluding carboxylic acids is 1. The van der Waals surface area contributed by atoms with Crippen molar-refractivity contribution in [2.75, 3.05) is 30.9 Å². The number of anilines is 3. The highest BCUT2D eigenvalue weighted by Crippen LogP contribution is 2.35. The number of aromatic nitrogens is 1.